The standard InChI is InChI=1S/C31H45NO3S/c1-18(15-27(35)32-29(19-6-7-19)26-5-4-14-36-26)22-8-9-23-28-24(11-13-31(22,23)3)30(2)12-10-21(33)16-20(30)17-25(28)34/h4-5,14,18-20,22-25,28-29,34H,6-13,15-17H2,1-3H3,(H,32,35)/t18-,20+,22?,23+,24+,25-,28+,29?,30+,31-/m1/s1. The number of Topliss-reactive ketones (excluding diaryl/α,β-unsaturated/α-hetero) is 1. The summed E-state index contributed by atoms with van der Waals surface area (Å²) >= 11 is 1.76. The Bertz CT molecular complexity index is 988. The molecule has 5 saturated carbocycles. The molecule has 1 aromatic heterocycles. The van der Waals surface area contributed by atoms with Crippen LogP contribution < -0.4 is 5.32 Å². The second kappa shape index (κ2) is 9.22. The van der Waals surface area contributed by atoms with Crippen molar-refractivity contribution in [3.05, 3.63) is 22.4 Å². The summed E-state index contributed by atoms with van der Waals surface area (Å²) in [5.41, 5.74) is 0.418. The van der Waals surface area contributed by atoms with Crippen molar-refractivity contribution < 1.29 is 14.7 Å². The van der Waals surface area contributed by atoms with Gasteiger partial charge in [-0.2, -0.15) is 0 Å². The fourth-order valence-electron chi connectivity index (χ4n) is 9.97. The van der Waals surface area contributed by atoms with E-state index in [4.69, 9.17) is 0 Å². The zero-order chi connectivity index (χ0) is 25.2. The van der Waals surface area contributed by atoms with Crippen molar-refractivity contribution in [1.29, 1.82) is 0 Å². The number of hydrogen-bond donors (Lipinski definition) is 2. The quantitative estimate of drug-likeness (QED) is 0.456. The number of carbonyl (C=O) groups is 2. The lowest BCUT2D eigenvalue weighted by Gasteiger charge is -2.61. The fourth-order valence-corrected chi connectivity index (χ4v) is 10.8. The van der Waals surface area contributed by atoms with Crippen LogP contribution >= 0.6 is 11.3 Å². The summed E-state index contributed by atoms with van der Waals surface area (Å²) in [5, 5.41) is 17.0. The van der Waals surface area contributed by atoms with Gasteiger partial charge in [-0.1, -0.05) is 26.8 Å². The van der Waals surface area contributed by atoms with Gasteiger partial charge in [0.1, 0.15) is 5.78 Å². The van der Waals surface area contributed by atoms with Gasteiger partial charge in [-0.3, -0.25) is 9.59 Å². The third kappa shape index (κ3) is 4.11. The van der Waals surface area contributed by atoms with Crippen LogP contribution in [0.5, 0.6) is 0 Å². The van der Waals surface area contributed by atoms with E-state index in [2.05, 4.69) is 43.6 Å². The lowest BCUT2D eigenvalue weighted by molar-refractivity contribution is -0.169. The number of ketones is 1. The van der Waals surface area contributed by atoms with Crippen molar-refractivity contribution >= 4 is 23.0 Å². The van der Waals surface area contributed by atoms with E-state index in [-0.39, 0.29) is 28.9 Å². The van der Waals surface area contributed by atoms with E-state index in [0.717, 1.165) is 19.3 Å². The number of aliphatic hydroxyl groups excluding tert-OH is 1. The first-order valence-corrected chi connectivity index (χ1v) is 15.6. The molecule has 36 heavy (non-hydrogen) atoms. The molecular formula is C31H45NO3S. The maximum Gasteiger partial charge on any atom is 0.220 e. The highest BCUT2D eigenvalue weighted by molar-refractivity contribution is 7.10. The third-order valence-electron chi connectivity index (χ3n) is 12.0. The first-order chi connectivity index (χ1) is 17.2. The summed E-state index contributed by atoms with van der Waals surface area (Å²) in [6, 6.07) is 4.45. The Balaban J connectivity index is 1.15. The number of rotatable bonds is 6. The number of hydrogen-bond acceptors (Lipinski definition) is 4. The van der Waals surface area contributed by atoms with Crippen molar-refractivity contribution in [1.82, 2.24) is 5.32 Å². The average Bonchev–Trinajstić information content (AvgIpc) is 3.39. The summed E-state index contributed by atoms with van der Waals surface area (Å²) in [6.45, 7) is 7.24. The molecule has 1 heterocycles. The van der Waals surface area contributed by atoms with Crippen LogP contribution in [0.4, 0.5) is 0 Å². The van der Waals surface area contributed by atoms with Crippen molar-refractivity contribution in [2.75, 3.05) is 0 Å². The first kappa shape index (κ1) is 25.1. The average molecular weight is 512 g/mol. The third-order valence-corrected chi connectivity index (χ3v) is 13.0. The first-order valence-electron chi connectivity index (χ1n) is 14.7. The second-order valence-electron chi connectivity index (χ2n) is 13.8. The van der Waals surface area contributed by atoms with Gasteiger partial charge in [-0.15, -0.1) is 11.3 Å². The Hall–Kier alpha value is -1.20. The molecule has 0 spiro atoms. The van der Waals surface area contributed by atoms with Crippen molar-refractivity contribution in [2.45, 2.75) is 104 Å². The van der Waals surface area contributed by atoms with E-state index in [9.17, 15) is 14.7 Å². The lowest BCUT2D eigenvalue weighted by atomic mass is 9.44. The van der Waals surface area contributed by atoms with Gasteiger partial charge in [-0.25, -0.2) is 0 Å². The predicted octanol–water partition coefficient (Wildman–Crippen LogP) is 6.54. The number of thiophene rings is 1. The fraction of sp³-hybridized carbons (Fsp3) is 0.806. The number of carbonyl (C=O) groups excluding carboxylic acids is 2. The topological polar surface area (TPSA) is 66.4 Å². The Morgan fingerprint density at radius 2 is 1.92 bits per heavy atom. The highest BCUT2D eigenvalue weighted by Gasteiger charge is 2.63. The number of fused-ring (bicyclic) bond motifs is 5. The molecule has 5 aliphatic rings. The maximum atomic E-state index is 13.2. The Morgan fingerprint density at radius 3 is 2.64 bits per heavy atom. The molecule has 4 nitrogen and oxygen atoms in total. The second-order valence-corrected chi connectivity index (χ2v) is 14.8. The van der Waals surface area contributed by atoms with E-state index < -0.39 is 0 Å². The molecule has 198 valence electrons. The van der Waals surface area contributed by atoms with Crippen LogP contribution in [0.2, 0.25) is 0 Å². The van der Waals surface area contributed by atoms with Gasteiger partial charge in [-0.05, 0) is 115 Å². The molecule has 2 N–H and O–H groups in total. The number of aliphatic hydroxyl groups is 1. The van der Waals surface area contributed by atoms with Crippen LogP contribution in [-0.2, 0) is 9.59 Å². The molecule has 1 aromatic rings. The van der Waals surface area contributed by atoms with Crippen LogP contribution in [0.25, 0.3) is 0 Å². The smallest absolute Gasteiger partial charge is 0.220 e. The summed E-state index contributed by atoms with van der Waals surface area (Å²) in [5.74, 6) is 3.94. The Morgan fingerprint density at radius 1 is 1.14 bits per heavy atom. The summed E-state index contributed by atoms with van der Waals surface area (Å²) in [7, 11) is 0. The molecule has 5 heteroatoms. The molecule has 5 fully saturated rings. The van der Waals surface area contributed by atoms with Crippen LogP contribution in [0.3, 0.4) is 0 Å². The SMILES string of the molecule is C[C@H](CC(=O)NC(c1cccs1)C1CC1)C1CC[C@H]2[C@@H]3[C@H](O)C[C@@H]4CC(=O)CC[C@]4(C)[C@H]3CC[C@]12C. The van der Waals surface area contributed by atoms with Gasteiger partial charge in [0.15, 0.2) is 0 Å². The van der Waals surface area contributed by atoms with E-state index >= 15 is 0 Å². The van der Waals surface area contributed by atoms with E-state index in [0.29, 0.717) is 60.1 Å². The molecule has 10 atom stereocenters. The van der Waals surface area contributed by atoms with E-state index in [1.807, 2.05) is 0 Å². The van der Waals surface area contributed by atoms with Gasteiger partial charge >= 0.3 is 0 Å². The monoisotopic (exact) mass is 511 g/mol. The van der Waals surface area contributed by atoms with Gasteiger partial charge in [0.2, 0.25) is 5.91 Å². The van der Waals surface area contributed by atoms with Crippen molar-refractivity contribution in [3.8, 4) is 0 Å². The summed E-state index contributed by atoms with van der Waals surface area (Å²) in [6.07, 6.45) is 10.8. The molecule has 5 aliphatic carbocycles. The molecule has 0 saturated heterocycles. The number of nitrogens with one attached hydrogen (secondary N) is 1. The van der Waals surface area contributed by atoms with Crippen LogP contribution in [-0.4, -0.2) is 22.9 Å². The Labute approximate surface area is 221 Å². The van der Waals surface area contributed by atoms with Gasteiger partial charge in [0.25, 0.3) is 0 Å². The van der Waals surface area contributed by atoms with Crippen LogP contribution in [0.15, 0.2) is 17.5 Å². The highest BCUT2D eigenvalue weighted by atomic mass is 32.1. The van der Waals surface area contributed by atoms with Crippen molar-refractivity contribution in [2.24, 2.45) is 52.3 Å². The predicted molar refractivity (Wildman–Crippen MR) is 143 cm³/mol. The summed E-state index contributed by atoms with van der Waals surface area (Å²) in [4.78, 5) is 26.8. The molecule has 0 aliphatic heterocycles. The van der Waals surface area contributed by atoms with Gasteiger partial charge in [0, 0.05) is 24.1 Å². The minimum atomic E-state index is -0.272. The maximum absolute atomic E-state index is 13.2. The van der Waals surface area contributed by atoms with Gasteiger partial charge in [0.05, 0.1) is 12.1 Å². The van der Waals surface area contributed by atoms with Crippen molar-refractivity contribution in [3.63, 3.8) is 0 Å². The van der Waals surface area contributed by atoms with Gasteiger partial charge < -0.3 is 10.4 Å². The van der Waals surface area contributed by atoms with Crippen LogP contribution in [0, 0.1) is 52.3 Å². The molecule has 2 unspecified atom stereocenters. The van der Waals surface area contributed by atoms with Crippen LogP contribution in [0.1, 0.15) is 102 Å². The minimum absolute atomic E-state index is 0.195. The van der Waals surface area contributed by atoms with E-state index in [1.54, 1.807) is 11.3 Å². The lowest BCUT2D eigenvalue weighted by Crippen LogP contribution is -2.58. The molecular weight excluding hydrogens is 466 g/mol. The largest absolute Gasteiger partial charge is 0.393 e. The molecule has 0 aromatic carbocycles. The Kier molecular flexibility index (Phi) is 6.43. The van der Waals surface area contributed by atoms with E-state index in [1.165, 1.54) is 43.4 Å². The normalized spacial score (nSPS) is 43.7. The zero-order valence-corrected chi connectivity index (χ0v) is 23.2. The zero-order valence-electron chi connectivity index (χ0n) is 22.4. The summed E-state index contributed by atoms with van der Waals surface area (Å²) < 4.78 is 0. The molecule has 0 bridgehead atoms. The molecule has 0 radical (unpaired) electrons. The minimum Gasteiger partial charge on any atom is -0.393 e. The number of amides is 1. The highest BCUT2D eigenvalue weighted by Crippen LogP contribution is 2.68. The molecule has 6 rings (SSSR count). The molecule has 1 amide bonds.